The Morgan fingerprint density at radius 2 is 2.16 bits per heavy atom. The summed E-state index contributed by atoms with van der Waals surface area (Å²) in [6, 6.07) is 2.24. The molecule has 0 amide bonds. The maximum atomic E-state index is 5.53. The Kier molecular flexibility index (Phi) is 5.43. The lowest BCUT2D eigenvalue weighted by Gasteiger charge is -2.28. The van der Waals surface area contributed by atoms with E-state index in [0.717, 1.165) is 12.3 Å². The molecule has 0 bridgehead atoms. The molecule has 0 aromatic carbocycles. The molecule has 106 valence electrons. The SMILES string of the molecule is CCCOc1ccnc(NC(C)C2CCCCC2)n1. The molecule has 1 aromatic rings. The van der Waals surface area contributed by atoms with Gasteiger partial charge in [-0.1, -0.05) is 26.2 Å². The van der Waals surface area contributed by atoms with Gasteiger partial charge in [-0.25, -0.2) is 4.98 Å². The number of anilines is 1. The third kappa shape index (κ3) is 4.37. The molecule has 0 saturated heterocycles. The Morgan fingerprint density at radius 3 is 2.89 bits per heavy atom. The number of nitrogens with one attached hydrogen (secondary N) is 1. The van der Waals surface area contributed by atoms with Crippen molar-refractivity contribution in [2.75, 3.05) is 11.9 Å². The van der Waals surface area contributed by atoms with Crippen LogP contribution in [-0.2, 0) is 0 Å². The van der Waals surface area contributed by atoms with Crippen LogP contribution in [0.25, 0.3) is 0 Å². The normalized spacial score (nSPS) is 18.0. The molecule has 1 atom stereocenters. The van der Waals surface area contributed by atoms with Crippen molar-refractivity contribution in [3.8, 4) is 5.88 Å². The molecule has 1 aliphatic rings. The first-order chi connectivity index (χ1) is 9.29. The lowest BCUT2D eigenvalue weighted by Crippen LogP contribution is -2.28. The molecular weight excluding hydrogens is 238 g/mol. The van der Waals surface area contributed by atoms with Gasteiger partial charge in [-0.05, 0) is 32.1 Å². The van der Waals surface area contributed by atoms with E-state index < -0.39 is 0 Å². The summed E-state index contributed by atoms with van der Waals surface area (Å²) >= 11 is 0. The van der Waals surface area contributed by atoms with E-state index in [4.69, 9.17) is 4.74 Å². The summed E-state index contributed by atoms with van der Waals surface area (Å²) in [6.07, 6.45) is 9.49. The monoisotopic (exact) mass is 263 g/mol. The van der Waals surface area contributed by atoms with Gasteiger partial charge in [0.05, 0.1) is 6.61 Å². The van der Waals surface area contributed by atoms with E-state index in [0.29, 0.717) is 24.5 Å². The minimum absolute atomic E-state index is 0.432. The molecule has 1 N–H and O–H groups in total. The second kappa shape index (κ2) is 7.31. The van der Waals surface area contributed by atoms with Gasteiger partial charge in [-0.2, -0.15) is 4.98 Å². The van der Waals surface area contributed by atoms with Crippen LogP contribution >= 0.6 is 0 Å². The molecule has 1 fully saturated rings. The largest absolute Gasteiger partial charge is 0.478 e. The highest BCUT2D eigenvalue weighted by molar-refractivity contribution is 5.28. The van der Waals surface area contributed by atoms with E-state index in [1.165, 1.54) is 32.1 Å². The second-order valence-corrected chi connectivity index (χ2v) is 5.40. The minimum atomic E-state index is 0.432. The average molecular weight is 263 g/mol. The van der Waals surface area contributed by atoms with Gasteiger partial charge in [0.15, 0.2) is 0 Å². The Hall–Kier alpha value is -1.32. The Labute approximate surface area is 116 Å². The van der Waals surface area contributed by atoms with Gasteiger partial charge >= 0.3 is 0 Å². The van der Waals surface area contributed by atoms with Gasteiger partial charge in [0.2, 0.25) is 11.8 Å². The molecule has 1 aromatic heterocycles. The summed E-state index contributed by atoms with van der Waals surface area (Å²) in [7, 11) is 0. The number of nitrogens with zero attached hydrogens (tertiary/aromatic N) is 2. The third-order valence-electron chi connectivity index (χ3n) is 3.80. The van der Waals surface area contributed by atoms with Gasteiger partial charge in [-0.3, -0.25) is 0 Å². The quantitative estimate of drug-likeness (QED) is 0.851. The molecule has 1 saturated carbocycles. The van der Waals surface area contributed by atoms with Crippen LogP contribution in [0.15, 0.2) is 12.3 Å². The first-order valence-electron chi connectivity index (χ1n) is 7.52. The van der Waals surface area contributed by atoms with Crippen LogP contribution in [0, 0.1) is 5.92 Å². The number of ether oxygens (including phenoxy) is 1. The van der Waals surface area contributed by atoms with Crippen LogP contribution < -0.4 is 10.1 Å². The lowest BCUT2D eigenvalue weighted by atomic mass is 9.85. The molecule has 0 spiro atoms. The molecule has 0 aliphatic heterocycles. The summed E-state index contributed by atoms with van der Waals surface area (Å²) in [4.78, 5) is 8.68. The van der Waals surface area contributed by atoms with Crippen molar-refractivity contribution < 1.29 is 4.74 Å². The molecular formula is C15H25N3O. The number of rotatable bonds is 6. The Bertz CT molecular complexity index is 377. The highest BCUT2D eigenvalue weighted by atomic mass is 16.5. The number of aromatic nitrogens is 2. The van der Waals surface area contributed by atoms with E-state index >= 15 is 0 Å². The van der Waals surface area contributed by atoms with Gasteiger partial charge < -0.3 is 10.1 Å². The van der Waals surface area contributed by atoms with Crippen molar-refractivity contribution in [1.82, 2.24) is 9.97 Å². The zero-order valence-electron chi connectivity index (χ0n) is 12.1. The first kappa shape index (κ1) is 14.1. The van der Waals surface area contributed by atoms with E-state index in [-0.39, 0.29) is 0 Å². The molecule has 4 heteroatoms. The Balaban J connectivity index is 1.90. The van der Waals surface area contributed by atoms with Crippen LogP contribution in [0.1, 0.15) is 52.4 Å². The molecule has 1 unspecified atom stereocenters. The standard InChI is InChI=1S/C15H25N3O/c1-3-11-19-14-9-10-16-15(18-14)17-12(2)13-7-5-4-6-8-13/h9-10,12-13H,3-8,11H2,1-2H3,(H,16,17,18). The van der Waals surface area contributed by atoms with Crippen LogP contribution in [0.4, 0.5) is 5.95 Å². The predicted octanol–water partition coefficient (Wildman–Crippen LogP) is 3.65. The smallest absolute Gasteiger partial charge is 0.226 e. The fourth-order valence-corrected chi connectivity index (χ4v) is 2.65. The summed E-state index contributed by atoms with van der Waals surface area (Å²) in [6.45, 7) is 5.03. The maximum Gasteiger partial charge on any atom is 0.226 e. The van der Waals surface area contributed by atoms with Crippen LogP contribution in [0.2, 0.25) is 0 Å². The molecule has 0 radical (unpaired) electrons. The van der Waals surface area contributed by atoms with Crippen molar-refractivity contribution in [3.05, 3.63) is 12.3 Å². The van der Waals surface area contributed by atoms with Crippen molar-refractivity contribution in [3.63, 3.8) is 0 Å². The van der Waals surface area contributed by atoms with E-state index in [1.54, 1.807) is 6.20 Å². The van der Waals surface area contributed by atoms with Gasteiger partial charge in [0, 0.05) is 18.3 Å². The summed E-state index contributed by atoms with van der Waals surface area (Å²) in [5.74, 6) is 2.10. The second-order valence-electron chi connectivity index (χ2n) is 5.40. The molecule has 1 heterocycles. The van der Waals surface area contributed by atoms with Crippen molar-refractivity contribution in [1.29, 1.82) is 0 Å². The highest BCUT2D eigenvalue weighted by Gasteiger charge is 2.20. The van der Waals surface area contributed by atoms with Crippen LogP contribution in [-0.4, -0.2) is 22.6 Å². The highest BCUT2D eigenvalue weighted by Crippen LogP contribution is 2.27. The topological polar surface area (TPSA) is 47.0 Å². The molecule has 2 rings (SSSR count). The molecule has 1 aliphatic carbocycles. The van der Waals surface area contributed by atoms with Gasteiger partial charge in [0.1, 0.15) is 0 Å². The average Bonchev–Trinajstić information content (AvgIpc) is 2.46. The van der Waals surface area contributed by atoms with Gasteiger partial charge in [-0.15, -0.1) is 0 Å². The minimum Gasteiger partial charge on any atom is -0.478 e. The van der Waals surface area contributed by atoms with E-state index in [1.807, 2.05) is 6.07 Å². The van der Waals surface area contributed by atoms with E-state index in [9.17, 15) is 0 Å². The van der Waals surface area contributed by atoms with Crippen LogP contribution in [0.5, 0.6) is 5.88 Å². The van der Waals surface area contributed by atoms with Crippen molar-refractivity contribution >= 4 is 5.95 Å². The fraction of sp³-hybridized carbons (Fsp3) is 0.733. The van der Waals surface area contributed by atoms with Gasteiger partial charge in [0.25, 0.3) is 0 Å². The summed E-state index contributed by atoms with van der Waals surface area (Å²) in [5, 5.41) is 3.43. The molecule has 19 heavy (non-hydrogen) atoms. The van der Waals surface area contributed by atoms with E-state index in [2.05, 4.69) is 29.1 Å². The summed E-state index contributed by atoms with van der Waals surface area (Å²) in [5.41, 5.74) is 0. The maximum absolute atomic E-state index is 5.53. The summed E-state index contributed by atoms with van der Waals surface area (Å²) < 4.78 is 5.53. The Morgan fingerprint density at radius 1 is 1.37 bits per heavy atom. The third-order valence-corrected chi connectivity index (χ3v) is 3.80. The predicted molar refractivity (Wildman–Crippen MR) is 77.5 cm³/mol. The zero-order chi connectivity index (χ0) is 13.5. The first-order valence-corrected chi connectivity index (χ1v) is 7.52. The lowest BCUT2D eigenvalue weighted by molar-refractivity contribution is 0.304. The van der Waals surface area contributed by atoms with Crippen molar-refractivity contribution in [2.24, 2.45) is 5.92 Å². The number of hydrogen-bond donors (Lipinski definition) is 1. The fourth-order valence-electron chi connectivity index (χ4n) is 2.65. The van der Waals surface area contributed by atoms with Crippen molar-refractivity contribution in [2.45, 2.75) is 58.4 Å². The zero-order valence-corrected chi connectivity index (χ0v) is 12.1. The van der Waals surface area contributed by atoms with Crippen LogP contribution in [0.3, 0.4) is 0 Å². The number of hydrogen-bond acceptors (Lipinski definition) is 4. The molecule has 4 nitrogen and oxygen atoms in total.